The van der Waals surface area contributed by atoms with E-state index in [0.29, 0.717) is 13.0 Å². The van der Waals surface area contributed by atoms with Gasteiger partial charge < -0.3 is 4.74 Å². The van der Waals surface area contributed by atoms with Crippen LogP contribution in [0.2, 0.25) is 0 Å². The molecule has 0 spiro atoms. The minimum absolute atomic E-state index is 0.139. The number of rotatable bonds is 4. The van der Waals surface area contributed by atoms with E-state index in [4.69, 9.17) is 4.74 Å². The first-order chi connectivity index (χ1) is 6.72. The van der Waals surface area contributed by atoms with Crippen LogP contribution in [0.3, 0.4) is 0 Å². The third-order valence-corrected chi connectivity index (χ3v) is 2.32. The first kappa shape index (κ1) is 11.2. The fourth-order valence-electron chi connectivity index (χ4n) is 1.08. The van der Waals surface area contributed by atoms with Crippen molar-refractivity contribution >= 4 is 21.9 Å². The summed E-state index contributed by atoms with van der Waals surface area (Å²) >= 11 is 3.39. The maximum Gasteiger partial charge on any atom is 0.305 e. The van der Waals surface area contributed by atoms with E-state index in [2.05, 4.69) is 15.9 Å². The Morgan fingerprint density at radius 1 is 1.50 bits per heavy atom. The van der Waals surface area contributed by atoms with Crippen molar-refractivity contribution in [3.8, 4) is 0 Å². The zero-order valence-electron chi connectivity index (χ0n) is 8.13. The van der Waals surface area contributed by atoms with E-state index in [1.165, 1.54) is 5.56 Å². The summed E-state index contributed by atoms with van der Waals surface area (Å²) in [4.78, 5) is 10.8. The molecule has 2 nitrogen and oxygen atoms in total. The van der Waals surface area contributed by atoms with Crippen LogP contribution in [0.25, 0.3) is 0 Å². The average Bonchev–Trinajstić information content (AvgIpc) is 2.17. The molecule has 0 radical (unpaired) electrons. The van der Waals surface area contributed by atoms with Crippen LogP contribution in [0.5, 0.6) is 0 Å². The van der Waals surface area contributed by atoms with E-state index in [1.807, 2.05) is 24.3 Å². The smallest absolute Gasteiger partial charge is 0.305 e. The van der Waals surface area contributed by atoms with Crippen molar-refractivity contribution in [2.24, 2.45) is 0 Å². The van der Waals surface area contributed by atoms with Crippen LogP contribution in [0.15, 0.2) is 28.7 Å². The molecule has 0 aromatic heterocycles. The summed E-state index contributed by atoms with van der Waals surface area (Å²) in [5, 5.41) is 0. The highest BCUT2D eigenvalue weighted by atomic mass is 79.9. The van der Waals surface area contributed by atoms with Crippen molar-refractivity contribution in [1.29, 1.82) is 0 Å². The second-order valence-electron chi connectivity index (χ2n) is 2.95. The fourth-order valence-corrected chi connectivity index (χ4v) is 1.52. The minimum atomic E-state index is -0.139. The largest absolute Gasteiger partial charge is 0.465 e. The molecular formula is C11H13BrO2. The molecule has 0 saturated heterocycles. The lowest BCUT2D eigenvalue weighted by atomic mass is 10.2. The van der Waals surface area contributed by atoms with Crippen molar-refractivity contribution in [2.75, 3.05) is 6.61 Å². The van der Waals surface area contributed by atoms with Crippen LogP contribution < -0.4 is 0 Å². The van der Waals surface area contributed by atoms with Crippen molar-refractivity contribution in [3.63, 3.8) is 0 Å². The summed E-state index contributed by atoms with van der Waals surface area (Å²) < 4.78 is 6.03. The van der Waals surface area contributed by atoms with Gasteiger partial charge in [-0.1, -0.05) is 35.0 Å². The van der Waals surface area contributed by atoms with Gasteiger partial charge in [0.1, 0.15) is 0 Å². The zero-order chi connectivity index (χ0) is 10.4. The molecule has 14 heavy (non-hydrogen) atoms. The average molecular weight is 257 g/mol. The normalized spacial score (nSPS) is 9.86. The quantitative estimate of drug-likeness (QED) is 0.775. The summed E-state index contributed by atoms with van der Waals surface area (Å²) in [5.41, 5.74) is 1.17. The second-order valence-corrected chi connectivity index (χ2v) is 3.87. The molecule has 0 N–H and O–H groups in total. The molecule has 0 aliphatic rings. The van der Waals surface area contributed by atoms with E-state index < -0.39 is 0 Å². The van der Waals surface area contributed by atoms with Crippen molar-refractivity contribution in [2.45, 2.75) is 19.8 Å². The SMILES string of the molecule is CCC(=O)OCCc1cccc(Br)c1. The number of carbonyl (C=O) groups excluding carboxylic acids is 1. The minimum Gasteiger partial charge on any atom is -0.465 e. The zero-order valence-corrected chi connectivity index (χ0v) is 9.71. The maximum absolute atomic E-state index is 10.8. The van der Waals surface area contributed by atoms with Gasteiger partial charge in [0.05, 0.1) is 6.61 Å². The lowest BCUT2D eigenvalue weighted by Gasteiger charge is -2.03. The Kier molecular flexibility index (Phi) is 4.66. The Hall–Kier alpha value is -0.830. The molecule has 0 atom stereocenters. The molecule has 0 heterocycles. The van der Waals surface area contributed by atoms with Crippen LogP contribution in [0.4, 0.5) is 0 Å². The number of carbonyl (C=O) groups is 1. The highest BCUT2D eigenvalue weighted by molar-refractivity contribution is 9.10. The number of benzene rings is 1. The van der Waals surface area contributed by atoms with Gasteiger partial charge in [-0.3, -0.25) is 4.79 Å². The summed E-state index contributed by atoms with van der Waals surface area (Å²) in [5.74, 6) is -0.139. The second kappa shape index (κ2) is 5.81. The van der Waals surface area contributed by atoms with Gasteiger partial charge >= 0.3 is 5.97 Å². The third kappa shape index (κ3) is 3.92. The van der Waals surface area contributed by atoms with Crippen LogP contribution in [0.1, 0.15) is 18.9 Å². The molecule has 0 unspecified atom stereocenters. The number of hydrogen-bond acceptors (Lipinski definition) is 2. The predicted molar refractivity (Wildman–Crippen MR) is 59.1 cm³/mol. The summed E-state index contributed by atoms with van der Waals surface area (Å²) in [6.45, 7) is 2.25. The van der Waals surface area contributed by atoms with Gasteiger partial charge in [0.25, 0.3) is 0 Å². The molecule has 0 bridgehead atoms. The molecule has 0 amide bonds. The van der Waals surface area contributed by atoms with Crippen LogP contribution in [-0.4, -0.2) is 12.6 Å². The Morgan fingerprint density at radius 2 is 2.29 bits per heavy atom. The van der Waals surface area contributed by atoms with Gasteiger partial charge in [-0.05, 0) is 17.7 Å². The first-order valence-electron chi connectivity index (χ1n) is 4.62. The van der Waals surface area contributed by atoms with Gasteiger partial charge in [0, 0.05) is 17.3 Å². The summed E-state index contributed by atoms with van der Waals surface area (Å²) in [6.07, 6.45) is 1.21. The summed E-state index contributed by atoms with van der Waals surface area (Å²) in [6, 6.07) is 7.99. The third-order valence-electron chi connectivity index (χ3n) is 1.83. The number of esters is 1. The van der Waals surface area contributed by atoms with Gasteiger partial charge in [-0.2, -0.15) is 0 Å². The Bertz CT molecular complexity index is 310. The van der Waals surface area contributed by atoms with Crippen LogP contribution >= 0.6 is 15.9 Å². The summed E-state index contributed by atoms with van der Waals surface area (Å²) in [7, 11) is 0. The van der Waals surface area contributed by atoms with Crippen molar-refractivity contribution in [3.05, 3.63) is 34.3 Å². The van der Waals surface area contributed by atoms with Gasteiger partial charge in [0.2, 0.25) is 0 Å². The molecule has 0 aliphatic carbocycles. The lowest BCUT2D eigenvalue weighted by molar-refractivity contribution is -0.143. The van der Waals surface area contributed by atoms with E-state index in [-0.39, 0.29) is 5.97 Å². The van der Waals surface area contributed by atoms with Gasteiger partial charge in [-0.15, -0.1) is 0 Å². The number of ether oxygens (including phenoxy) is 1. The molecule has 76 valence electrons. The number of hydrogen-bond donors (Lipinski definition) is 0. The fraction of sp³-hybridized carbons (Fsp3) is 0.364. The standard InChI is InChI=1S/C11H13BrO2/c1-2-11(13)14-7-6-9-4-3-5-10(12)8-9/h3-5,8H,2,6-7H2,1H3. The van der Waals surface area contributed by atoms with E-state index in [9.17, 15) is 4.79 Å². The van der Waals surface area contributed by atoms with E-state index in [1.54, 1.807) is 6.92 Å². The lowest BCUT2D eigenvalue weighted by Crippen LogP contribution is -2.05. The highest BCUT2D eigenvalue weighted by Gasteiger charge is 1.98. The first-order valence-corrected chi connectivity index (χ1v) is 5.41. The molecule has 1 aromatic rings. The van der Waals surface area contributed by atoms with Gasteiger partial charge in [0.15, 0.2) is 0 Å². The van der Waals surface area contributed by atoms with Gasteiger partial charge in [-0.25, -0.2) is 0 Å². The molecule has 0 saturated carbocycles. The number of halogens is 1. The molecule has 0 fully saturated rings. The topological polar surface area (TPSA) is 26.3 Å². The van der Waals surface area contributed by atoms with E-state index in [0.717, 1.165) is 10.9 Å². The Balaban J connectivity index is 2.35. The Morgan fingerprint density at radius 3 is 2.93 bits per heavy atom. The van der Waals surface area contributed by atoms with Crippen molar-refractivity contribution in [1.82, 2.24) is 0 Å². The molecule has 1 rings (SSSR count). The molecule has 0 aliphatic heterocycles. The van der Waals surface area contributed by atoms with Crippen LogP contribution in [-0.2, 0) is 16.0 Å². The molecular weight excluding hydrogens is 244 g/mol. The molecule has 1 aromatic carbocycles. The van der Waals surface area contributed by atoms with E-state index >= 15 is 0 Å². The predicted octanol–water partition coefficient (Wildman–Crippen LogP) is 2.94. The monoisotopic (exact) mass is 256 g/mol. The van der Waals surface area contributed by atoms with Crippen molar-refractivity contribution < 1.29 is 9.53 Å². The maximum atomic E-state index is 10.8. The van der Waals surface area contributed by atoms with Crippen LogP contribution in [0, 0.1) is 0 Å². The Labute approximate surface area is 92.4 Å². The molecule has 3 heteroatoms. The highest BCUT2D eigenvalue weighted by Crippen LogP contribution is 2.11.